The molecule has 0 saturated heterocycles. The highest BCUT2D eigenvalue weighted by Gasteiger charge is 2.29. The van der Waals surface area contributed by atoms with Gasteiger partial charge < -0.3 is 14.5 Å². The third-order valence-corrected chi connectivity index (χ3v) is 5.76. The van der Waals surface area contributed by atoms with E-state index in [1.165, 1.54) is 0 Å². The Morgan fingerprint density at radius 3 is 2.69 bits per heavy atom. The first kappa shape index (κ1) is 21.0. The summed E-state index contributed by atoms with van der Waals surface area (Å²) in [6.45, 7) is 10.7. The van der Waals surface area contributed by atoms with Crippen LogP contribution < -0.4 is 15.0 Å². The van der Waals surface area contributed by atoms with E-state index in [0.29, 0.717) is 11.5 Å². The van der Waals surface area contributed by atoms with Crippen molar-refractivity contribution in [2.45, 2.75) is 65.5 Å². The molecule has 0 aliphatic carbocycles. The van der Waals surface area contributed by atoms with Gasteiger partial charge in [-0.25, -0.2) is 0 Å². The number of hydrogen-bond acceptors (Lipinski definition) is 4. The molecule has 2 amide bonds. The van der Waals surface area contributed by atoms with E-state index < -0.39 is 0 Å². The van der Waals surface area contributed by atoms with Crippen LogP contribution in [0.3, 0.4) is 0 Å². The molecule has 1 aliphatic heterocycles. The van der Waals surface area contributed by atoms with Crippen LogP contribution in [0.15, 0.2) is 34.7 Å². The van der Waals surface area contributed by atoms with Crippen LogP contribution in [-0.2, 0) is 16.8 Å². The van der Waals surface area contributed by atoms with Gasteiger partial charge in [0.2, 0.25) is 0 Å². The van der Waals surface area contributed by atoms with Gasteiger partial charge in [-0.15, -0.1) is 0 Å². The van der Waals surface area contributed by atoms with Crippen LogP contribution >= 0.6 is 0 Å². The van der Waals surface area contributed by atoms with E-state index >= 15 is 0 Å². The summed E-state index contributed by atoms with van der Waals surface area (Å²) in [4.78, 5) is 26.5. The topological polar surface area (TPSA) is 71.8 Å². The average Bonchev–Trinajstić information content (AvgIpc) is 3.18. The number of rotatable bonds is 7. The summed E-state index contributed by atoms with van der Waals surface area (Å²) >= 11 is 0. The summed E-state index contributed by atoms with van der Waals surface area (Å²) in [5, 5.41) is 2.88. The Hall–Kier alpha value is -2.76. The largest absolute Gasteiger partial charge is 0.482 e. The Labute approximate surface area is 172 Å². The molecule has 0 radical (unpaired) electrons. The Balaban J connectivity index is 1.84. The summed E-state index contributed by atoms with van der Waals surface area (Å²) in [6.07, 6.45) is 1.82. The van der Waals surface area contributed by atoms with Crippen LogP contribution in [0.2, 0.25) is 0 Å². The van der Waals surface area contributed by atoms with Gasteiger partial charge >= 0.3 is 0 Å². The molecule has 1 aliphatic rings. The van der Waals surface area contributed by atoms with Crippen molar-refractivity contribution in [2.24, 2.45) is 0 Å². The monoisotopic (exact) mass is 398 g/mol. The molecule has 1 aromatic carbocycles. The van der Waals surface area contributed by atoms with Gasteiger partial charge in [0.25, 0.3) is 11.8 Å². The highest BCUT2D eigenvalue weighted by molar-refractivity contribution is 5.98. The van der Waals surface area contributed by atoms with E-state index in [9.17, 15) is 9.59 Å². The minimum absolute atomic E-state index is 0.00684. The van der Waals surface area contributed by atoms with Crippen molar-refractivity contribution in [3.63, 3.8) is 0 Å². The van der Waals surface area contributed by atoms with Crippen molar-refractivity contribution in [3.05, 3.63) is 47.4 Å². The van der Waals surface area contributed by atoms with E-state index in [0.717, 1.165) is 24.1 Å². The third-order valence-electron chi connectivity index (χ3n) is 5.76. The second-order valence-corrected chi connectivity index (χ2v) is 8.24. The zero-order valence-corrected chi connectivity index (χ0v) is 17.9. The molecule has 1 atom stereocenters. The number of carbonyl (C=O) groups excluding carboxylic acids is 2. The highest BCUT2D eigenvalue weighted by atomic mass is 16.5. The fourth-order valence-electron chi connectivity index (χ4n) is 3.14. The van der Waals surface area contributed by atoms with Crippen molar-refractivity contribution < 1.29 is 18.7 Å². The van der Waals surface area contributed by atoms with Crippen LogP contribution in [-0.4, -0.2) is 24.5 Å². The molecule has 1 aromatic heterocycles. The summed E-state index contributed by atoms with van der Waals surface area (Å²) < 4.78 is 11.3. The molecule has 0 fully saturated rings. The molecule has 0 saturated carbocycles. The molecule has 2 aromatic rings. The maximum atomic E-state index is 12.6. The summed E-state index contributed by atoms with van der Waals surface area (Å²) in [7, 11) is 0. The first-order valence-electron chi connectivity index (χ1n) is 10.2. The molecule has 0 spiro atoms. The SMILES string of the molecule is CC[C@H](C)NC(=O)c1ccc(CN2C(=O)COc3ccc(C(C)(C)CC)cc32)o1. The van der Waals surface area contributed by atoms with Crippen LogP contribution in [0.25, 0.3) is 0 Å². The van der Waals surface area contributed by atoms with Gasteiger partial charge in [0, 0.05) is 6.04 Å². The first-order chi connectivity index (χ1) is 13.7. The number of nitrogens with one attached hydrogen (secondary N) is 1. The highest BCUT2D eigenvalue weighted by Crippen LogP contribution is 2.38. The van der Waals surface area contributed by atoms with Crippen LogP contribution in [0.1, 0.15) is 69.3 Å². The predicted octanol–water partition coefficient (Wildman–Crippen LogP) is 4.42. The molecule has 1 N–H and O–H groups in total. The van der Waals surface area contributed by atoms with Gasteiger partial charge in [-0.3, -0.25) is 14.5 Å². The van der Waals surface area contributed by atoms with E-state index in [-0.39, 0.29) is 42.2 Å². The van der Waals surface area contributed by atoms with Gasteiger partial charge in [0.15, 0.2) is 12.4 Å². The number of anilines is 1. The summed E-state index contributed by atoms with van der Waals surface area (Å²) in [6, 6.07) is 9.47. The lowest BCUT2D eigenvalue weighted by Gasteiger charge is -2.31. The molecule has 3 rings (SSSR count). The summed E-state index contributed by atoms with van der Waals surface area (Å²) in [5.41, 5.74) is 1.88. The lowest BCUT2D eigenvalue weighted by Crippen LogP contribution is -2.38. The minimum Gasteiger partial charge on any atom is -0.482 e. The fraction of sp³-hybridized carbons (Fsp3) is 0.478. The van der Waals surface area contributed by atoms with Crippen LogP contribution in [0.5, 0.6) is 5.75 Å². The number of hydrogen-bond donors (Lipinski definition) is 1. The van der Waals surface area contributed by atoms with Crippen molar-refractivity contribution in [1.29, 1.82) is 0 Å². The molecule has 0 unspecified atom stereocenters. The molecule has 6 nitrogen and oxygen atoms in total. The van der Waals surface area contributed by atoms with E-state index in [1.807, 2.05) is 26.0 Å². The number of amides is 2. The summed E-state index contributed by atoms with van der Waals surface area (Å²) in [5.74, 6) is 1.11. The molecular formula is C23H30N2O4. The second kappa shape index (κ2) is 8.31. The van der Waals surface area contributed by atoms with Crippen molar-refractivity contribution in [2.75, 3.05) is 11.5 Å². The maximum absolute atomic E-state index is 12.6. The number of ether oxygens (including phenoxy) is 1. The fourth-order valence-corrected chi connectivity index (χ4v) is 3.14. The number of furan rings is 1. The number of nitrogens with zero attached hydrogens (tertiary/aromatic N) is 1. The maximum Gasteiger partial charge on any atom is 0.287 e. The molecule has 6 heteroatoms. The van der Waals surface area contributed by atoms with E-state index in [4.69, 9.17) is 9.15 Å². The van der Waals surface area contributed by atoms with Crippen molar-refractivity contribution >= 4 is 17.5 Å². The third kappa shape index (κ3) is 4.47. The zero-order valence-electron chi connectivity index (χ0n) is 17.9. The van der Waals surface area contributed by atoms with Gasteiger partial charge in [0.1, 0.15) is 11.5 Å². The molecule has 0 bridgehead atoms. The molecule has 29 heavy (non-hydrogen) atoms. The van der Waals surface area contributed by atoms with Gasteiger partial charge in [0.05, 0.1) is 12.2 Å². The average molecular weight is 399 g/mol. The predicted molar refractivity (Wildman–Crippen MR) is 112 cm³/mol. The lowest BCUT2D eigenvalue weighted by atomic mass is 9.82. The van der Waals surface area contributed by atoms with E-state index in [2.05, 4.69) is 32.2 Å². The van der Waals surface area contributed by atoms with Crippen LogP contribution in [0, 0.1) is 0 Å². The van der Waals surface area contributed by atoms with Crippen molar-refractivity contribution in [3.8, 4) is 5.75 Å². The quantitative estimate of drug-likeness (QED) is 0.749. The van der Waals surface area contributed by atoms with Gasteiger partial charge in [-0.05, 0) is 55.0 Å². The number of carbonyl (C=O) groups is 2. The molecule has 2 heterocycles. The van der Waals surface area contributed by atoms with Crippen molar-refractivity contribution in [1.82, 2.24) is 5.32 Å². The first-order valence-corrected chi connectivity index (χ1v) is 10.2. The second-order valence-electron chi connectivity index (χ2n) is 8.24. The van der Waals surface area contributed by atoms with E-state index in [1.54, 1.807) is 17.0 Å². The number of fused-ring (bicyclic) bond motifs is 1. The number of benzene rings is 1. The lowest BCUT2D eigenvalue weighted by molar-refractivity contribution is -0.121. The van der Waals surface area contributed by atoms with Gasteiger partial charge in [-0.2, -0.15) is 0 Å². The normalized spacial score (nSPS) is 14.9. The molecule has 156 valence electrons. The Morgan fingerprint density at radius 1 is 1.24 bits per heavy atom. The Kier molecular flexibility index (Phi) is 6.01. The van der Waals surface area contributed by atoms with Gasteiger partial charge in [-0.1, -0.05) is 33.8 Å². The Morgan fingerprint density at radius 2 is 2.00 bits per heavy atom. The smallest absolute Gasteiger partial charge is 0.287 e. The molecular weight excluding hydrogens is 368 g/mol. The Bertz CT molecular complexity index is 900. The minimum atomic E-state index is -0.244. The standard InChI is InChI=1S/C23H30N2O4/c1-6-15(3)24-22(27)20-11-9-17(29-20)13-25-18-12-16(23(4,5)7-2)8-10-19(18)28-14-21(25)26/h8-12,15H,6-7,13-14H2,1-5H3,(H,24,27)/t15-/m0/s1. The van der Waals surface area contributed by atoms with Crippen LogP contribution in [0.4, 0.5) is 5.69 Å². The zero-order chi connectivity index (χ0) is 21.2.